The number of ether oxygens (including phenoxy) is 1. The minimum Gasteiger partial charge on any atom is -0.497 e. The lowest BCUT2D eigenvalue weighted by molar-refractivity contribution is 0.0930. The number of nitrogens with one attached hydrogen (secondary N) is 1. The van der Waals surface area contributed by atoms with Crippen molar-refractivity contribution >= 4 is 16.9 Å². The Morgan fingerprint density at radius 1 is 1.33 bits per heavy atom. The van der Waals surface area contributed by atoms with Crippen LogP contribution >= 0.6 is 0 Å². The van der Waals surface area contributed by atoms with E-state index in [-0.39, 0.29) is 23.5 Å². The highest BCUT2D eigenvalue weighted by Crippen LogP contribution is 2.30. The number of fused-ring (bicyclic) bond motifs is 1. The average Bonchev–Trinajstić information content (AvgIpc) is 2.91. The SMILES string of the molecule is COc1ccnc(C(=O)NC(C)c2oc3ccc(F)cc3c2C)c1. The number of rotatable bonds is 4. The second-order valence-corrected chi connectivity index (χ2v) is 5.51. The van der Waals surface area contributed by atoms with Crippen LogP contribution in [0.1, 0.15) is 34.8 Å². The normalized spacial score (nSPS) is 12.2. The van der Waals surface area contributed by atoms with Crippen LogP contribution in [0.4, 0.5) is 4.39 Å². The van der Waals surface area contributed by atoms with Gasteiger partial charge in [-0.25, -0.2) is 4.39 Å². The van der Waals surface area contributed by atoms with Crippen molar-refractivity contribution in [3.05, 3.63) is 59.4 Å². The maximum Gasteiger partial charge on any atom is 0.270 e. The van der Waals surface area contributed by atoms with Gasteiger partial charge in [-0.2, -0.15) is 0 Å². The second-order valence-electron chi connectivity index (χ2n) is 5.51. The van der Waals surface area contributed by atoms with Gasteiger partial charge in [0.15, 0.2) is 0 Å². The number of amides is 1. The highest BCUT2D eigenvalue weighted by atomic mass is 19.1. The van der Waals surface area contributed by atoms with Crippen LogP contribution < -0.4 is 10.1 Å². The molecule has 0 radical (unpaired) electrons. The van der Waals surface area contributed by atoms with E-state index in [2.05, 4.69) is 10.3 Å². The lowest BCUT2D eigenvalue weighted by atomic mass is 10.1. The molecule has 3 rings (SSSR count). The molecule has 0 aliphatic rings. The van der Waals surface area contributed by atoms with E-state index in [0.29, 0.717) is 22.5 Å². The second kappa shape index (κ2) is 6.31. The van der Waals surface area contributed by atoms with Crippen molar-refractivity contribution in [2.45, 2.75) is 19.9 Å². The highest BCUT2D eigenvalue weighted by Gasteiger charge is 2.20. The third-order valence-corrected chi connectivity index (χ3v) is 3.88. The van der Waals surface area contributed by atoms with E-state index >= 15 is 0 Å². The quantitative estimate of drug-likeness (QED) is 0.792. The molecule has 1 unspecified atom stereocenters. The summed E-state index contributed by atoms with van der Waals surface area (Å²) in [4.78, 5) is 16.4. The van der Waals surface area contributed by atoms with Crippen molar-refractivity contribution in [1.82, 2.24) is 10.3 Å². The topological polar surface area (TPSA) is 64.4 Å². The summed E-state index contributed by atoms with van der Waals surface area (Å²) in [6.07, 6.45) is 1.51. The van der Waals surface area contributed by atoms with Gasteiger partial charge < -0.3 is 14.5 Å². The standard InChI is InChI=1S/C18H17FN2O3/c1-10-14-8-12(19)4-5-16(14)24-17(10)11(2)21-18(22)15-9-13(23-3)6-7-20-15/h4-9,11H,1-3H3,(H,21,22). The molecule has 0 spiro atoms. The molecule has 5 nitrogen and oxygen atoms in total. The molecule has 0 aliphatic carbocycles. The summed E-state index contributed by atoms with van der Waals surface area (Å²) in [5, 5.41) is 3.54. The van der Waals surface area contributed by atoms with Crippen molar-refractivity contribution in [2.75, 3.05) is 7.11 Å². The Hall–Kier alpha value is -2.89. The van der Waals surface area contributed by atoms with Crippen LogP contribution in [0.15, 0.2) is 40.9 Å². The zero-order valence-corrected chi connectivity index (χ0v) is 13.6. The third-order valence-electron chi connectivity index (χ3n) is 3.88. The Morgan fingerprint density at radius 2 is 2.12 bits per heavy atom. The summed E-state index contributed by atoms with van der Waals surface area (Å²) in [7, 11) is 1.52. The molecule has 2 heterocycles. The lowest BCUT2D eigenvalue weighted by Gasteiger charge is -2.12. The minimum absolute atomic E-state index is 0.251. The molecule has 0 bridgehead atoms. The first-order chi connectivity index (χ1) is 11.5. The van der Waals surface area contributed by atoms with E-state index in [1.54, 1.807) is 25.1 Å². The largest absolute Gasteiger partial charge is 0.497 e. The van der Waals surface area contributed by atoms with Gasteiger partial charge in [-0.1, -0.05) is 0 Å². The zero-order valence-electron chi connectivity index (χ0n) is 13.6. The van der Waals surface area contributed by atoms with Crippen molar-refractivity contribution in [3.8, 4) is 5.75 Å². The van der Waals surface area contributed by atoms with Crippen LogP contribution in [0.3, 0.4) is 0 Å². The number of pyridine rings is 1. The Labute approximate surface area is 138 Å². The summed E-state index contributed by atoms with van der Waals surface area (Å²) in [5.41, 5.74) is 1.64. The number of aromatic nitrogens is 1. The predicted octanol–water partition coefficient (Wildman–Crippen LogP) is 3.77. The third kappa shape index (κ3) is 2.95. The van der Waals surface area contributed by atoms with Crippen LogP contribution in [0.25, 0.3) is 11.0 Å². The van der Waals surface area contributed by atoms with Crippen LogP contribution in [-0.4, -0.2) is 18.0 Å². The highest BCUT2D eigenvalue weighted by molar-refractivity contribution is 5.93. The first kappa shape index (κ1) is 16.0. The molecule has 1 N–H and O–H groups in total. The lowest BCUT2D eigenvalue weighted by Crippen LogP contribution is -2.27. The van der Waals surface area contributed by atoms with Gasteiger partial charge in [0, 0.05) is 23.2 Å². The molecule has 3 aromatic rings. The minimum atomic E-state index is -0.388. The van der Waals surface area contributed by atoms with Gasteiger partial charge in [-0.05, 0) is 38.1 Å². The van der Waals surface area contributed by atoms with Gasteiger partial charge in [-0.15, -0.1) is 0 Å². The van der Waals surface area contributed by atoms with Crippen molar-refractivity contribution in [1.29, 1.82) is 0 Å². The van der Waals surface area contributed by atoms with Crippen LogP contribution in [0.5, 0.6) is 5.75 Å². The van der Waals surface area contributed by atoms with E-state index < -0.39 is 0 Å². The summed E-state index contributed by atoms with van der Waals surface area (Å²) in [6, 6.07) is 7.19. The van der Waals surface area contributed by atoms with Gasteiger partial charge in [0.1, 0.15) is 28.6 Å². The molecule has 24 heavy (non-hydrogen) atoms. The number of hydrogen-bond acceptors (Lipinski definition) is 4. The van der Waals surface area contributed by atoms with Crippen molar-refractivity contribution < 1.29 is 18.3 Å². The van der Waals surface area contributed by atoms with E-state index in [1.807, 2.05) is 6.92 Å². The molecule has 1 amide bonds. The van der Waals surface area contributed by atoms with Gasteiger partial charge >= 0.3 is 0 Å². The summed E-state index contributed by atoms with van der Waals surface area (Å²) in [5.74, 6) is 0.479. The molecule has 0 aliphatic heterocycles. The number of halogens is 1. The number of nitrogens with zero attached hydrogens (tertiary/aromatic N) is 1. The summed E-state index contributed by atoms with van der Waals surface area (Å²) in [6.45, 7) is 3.65. The van der Waals surface area contributed by atoms with Gasteiger partial charge in [0.25, 0.3) is 5.91 Å². The molecule has 124 valence electrons. The Kier molecular flexibility index (Phi) is 4.20. The fourth-order valence-corrected chi connectivity index (χ4v) is 2.62. The van der Waals surface area contributed by atoms with Gasteiger partial charge in [-0.3, -0.25) is 9.78 Å². The van der Waals surface area contributed by atoms with Gasteiger partial charge in [0.2, 0.25) is 0 Å². The van der Waals surface area contributed by atoms with E-state index in [0.717, 1.165) is 5.56 Å². The van der Waals surface area contributed by atoms with Crippen LogP contribution in [0.2, 0.25) is 0 Å². The Morgan fingerprint density at radius 3 is 2.88 bits per heavy atom. The monoisotopic (exact) mass is 328 g/mol. The molecule has 2 aromatic heterocycles. The number of carbonyl (C=O) groups is 1. The molecule has 0 saturated heterocycles. The number of aryl methyl sites for hydroxylation is 1. The molecule has 1 aromatic carbocycles. The number of carbonyl (C=O) groups excluding carboxylic acids is 1. The van der Waals surface area contributed by atoms with Gasteiger partial charge in [0.05, 0.1) is 13.2 Å². The molecule has 1 atom stereocenters. The fourth-order valence-electron chi connectivity index (χ4n) is 2.62. The van der Waals surface area contributed by atoms with Crippen molar-refractivity contribution in [3.63, 3.8) is 0 Å². The number of furan rings is 1. The van der Waals surface area contributed by atoms with Crippen molar-refractivity contribution in [2.24, 2.45) is 0 Å². The molecule has 0 fully saturated rings. The summed E-state index contributed by atoms with van der Waals surface area (Å²) >= 11 is 0. The Bertz CT molecular complexity index is 904. The number of benzene rings is 1. The fraction of sp³-hybridized carbons (Fsp3) is 0.222. The average molecular weight is 328 g/mol. The smallest absolute Gasteiger partial charge is 0.270 e. The number of methoxy groups -OCH3 is 1. The Balaban J connectivity index is 1.85. The first-order valence-electron chi connectivity index (χ1n) is 7.49. The number of hydrogen-bond donors (Lipinski definition) is 1. The summed E-state index contributed by atoms with van der Waals surface area (Å²) < 4.78 is 24.3. The van der Waals surface area contributed by atoms with Crippen LogP contribution in [-0.2, 0) is 0 Å². The van der Waals surface area contributed by atoms with E-state index in [1.165, 1.54) is 25.4 Å². The maximum absolute atomic E-state index is 13.4. The van der Waals surface area contributed by atoms with E-state index in [4.69, 9.17) is 9.15 Å². The predicted molar refractivity (Wildman–Crippen MR) is 87.6 cm³/mol. The molecular weight excluding hydrogens is 311 g/mol. The molecule has 6 heteroatoms. The zero-order chi connectivity index (χ0) is 17.3. The molecule has 0 saturated carbocycles. The van der Waals surface area contributed by atoms with Crippen LogP contribution in [0, 0.1) is 12.7 Å². The first-order valence-corrected chi connectivity index (χ1v) is 7.49. The van der Waals surface area contributed by atoms with E-state index in [9.17, 15) is 9.18 Å². The maximum atomic E-state index is 13.4. The molecular formula is C18H17FN2O3.